The largest absolute Gasteiger partial charge is 0.494 e. The van der Waals surface area contributed by atoms with Crippen molar-refractivity contribution < 1.29 is 9.53 Å². The van der Waals surface area contributed by atoms with E-state index >= 15 is 0 Å². The molecular formula is C21H26N6O2. The summed E-state index contributed by atoms with van der Waals surface area (Å²) in [6, 6.07) is 7.73. The number of nitrogens with one attached hydrogen (secondary N) is 1. The Hall–Kier alpha value is -3.16. The van der Waals surface area contributed by atoms with Gasteiger partial charge in [0.2, 0.25) is 0 Å². The van der Waals surface area contributed by atoms with Crippen LogP contribution in [0, 0.1) is 0 Å². The van der Waals surface area contributed by atoms with Gasteiger partial charge >= 0.3 is 0 Å². The fourth-order valence-electron chi connectivity index (χ4n) is 3.88. The van der Waals surface area contributed by atoms with Gasteiger partial charge in [-0.2, -0.15) is 0 Å². The molecule has 0 spiro atoms. The van der Waals surface area contributed by atoms with Crippen molar-refractivity contribution in [3.05, 3.63) is 42.5 Å². The van der Waals surface area contributed by atoms with Gasteiger partial charge in [0.25, 0.3) is 5.91 Å². The van der Waals surface area contributed by atoms with Gasteiger partial charge in [0.15, 0.2) is 11.5 Å². The summed E-state index contributed by atoms with van der Waals surface area (Å²) in [4.78, 5) is 28.0. The molecule has 29 heavy (non-hydrogen) atoms. The normalized spacial score (nSPS) is 19.3. The second-order valence-corrected chi connectivity index (χ2v) is 7.42. The molecule has 0 saturated carbocycles. The maximum absolute atomic E-state index is 13.0. The van der Waals surface area contributed by atoms with Crippen LogP contribution in [0.4, 0.5) is 5.82 Å². The highest BCUT2D eigenvalue weighted by Crippen LogP contribution is 2.25. The van der Waals surface area contributed by atoms with Crippen LogP contribution in [0.15, 0.2) is 36.9 Å². The molecule has 1 aliphatic rings. The lowest BCUT2D eigenvalue weighted by molar-refractivity contribution is 0.0625. The topological polar surface area (TPSA) is 85.2 Å². The summed E-state index contributed by atoms with van der Waals surface area (Å²) in [7, 11) is 1.92. The number of hydrogen-bond acceptors (Lipinski definition) is 6. The number of likely N-dealkylation sites (tertiary alicyclic amines) is 1. The Morgan fingerprint density at radius 2 is 2.03 bits per heavy atom. The highest BCUT2D eigenvalue weighted by Gasteiger charge is 2.30. The first-order valence-corrected chi connectivity index (χ1v) is 9.99. The van der Waals surface area contributed by atoms with Gasteiger partial charge in [0.05, 0.1) is 12.9 Å². The molecule has 0 bridgehead atoms. The Balaban J connectivity index is 1.42. The number of ether oxygens (including phenoxy) is 1. The zero-order valence-corrected chi connectivity index (χ0v) is 17.0. The highest BCUT2D eigenvalue weighted by molar-refractivity contribution is 5.94. The first kappa shape index (κ1) is 19.2. The second kappa shape index (κ2) is 8.06. The monoisotopic (exact) mass is 394 g/mol. The molecule has 1 aromatic carbocycles. The summed E-state index contributed by atoms with van der Waals surface area (Å²) in [6.45, 7) is 5.35. The maximum Gasteiger partial charge on any atom is 0.254 e. The Kier molecular flexibility index (Phi) is 5.33. The number of piperidine rings is 1. The molecule has 2 aromatic heterocycles. The molecule has 8 heteroatoms. The highest BCUT2D eigenvalue weighted by atomic mass is 16.5. The number of imidazole rings is 1. The van der Waals surface area contributed by atoms with Crippen LogP contribution < -0.4 is 10.1 Å². The smallest absolute Gasteiger partial charge is 0.254 e. The molecule has 8 nitrogen and oxygen atoms in total. The third-order valence-electron chi connectivity index (χ3n) is 5.39. The number of aromatic nitrogens is 4. The van der Waals surface area contributed by atoms with Crippen molar-refractivity contribution >= 4 is 22.9 Å². The van der Waals surface area contributed by atoms with E-state index in [1.54, 1.807) is 12.7 Å². The van der Waals surface area contributed by atoms with Crippen LogP contribution in [0.5, 0.6) is 5.75 Å². The molecule has 2 unspecified atom stereocenters. The molecule has 1 saturated heterocycles. The Bertz CT molecular complexity index is 1000. The summed E-state index contributed by atoms with van der Waals surface area (Å²) in [6.07, 6.45) is 5.00. The summed E-state index contributed by atoms with van der Waals surface area (Å²) in [5, 5.41) is 3.51. The standard InChI is InChI=1S/C21H26N6O2/c1-4-29-17-7-5-15(6-8-17)21(28)27-10-9-16(11-14(27)2)25-19-18-20(23-12-22-19)26(3)13-24-18/h5-8,12-14,16H,4,9-11H2,1-3H3,(H,22,23,25). The number of aryl methyl sites for hydroxylation is 1. The van der Waals surface area contributed by atoms with Crippen molar-refractivity contribution in [2.24, 2.45) is 7.05 Å². The fraction of sp³-hybridized carbons (Fsp3) is 0.429. The van der Waals surface area contributed by atoms with E-state index in [1.165, 1.54) is 0 Å². The Morgan fingerprint density at radius 1 is 1.24 bits per heavy atom. The second-order valence-electron chi connectivity index (χ2n) is 7.42. The summed E-state index contributed by atoms with van der Waals surface area (Å²) >= 11 is 0. The van der Waals surface area contributed by atoms with Crippen molar-refractivity contribution in [2.45, 2.75) is 38.8 Å². The van der Waals surface area contributed by atoms with Crippen LogP contribution in [-0.4, -0.2) is 55.6 Å². The van der Waals surface area contributed by atoms with E-state index in [4.69, 9.17) is 4.74 Å². The van der Waals surface area contributed by atoms with Crippen molar-refractivity contribution in [1.29, 1.82) is 0 Å². The van der Waals surface area contributed by atoms with Gasteiger partial charge in [-0.1, -0.05) is 0 Å². The lowest BCUT2D eigenvalue weighted by Crippen LogP contribution is -2.48. The summed E-state index contributed by atoms with van der Waals surface area (Å²) in [5.74, 6) is 1.60. The first-order valence-electron chi connectivity index (χ1n) is 9.99. The lowest BCUT2D eigenvalue weighted by Gasteiger charge is -2.38. The quantitative estimate of drug-likeness (QED) is 0.716. The van der Waals surface area contributed by atoms with E-state index in [9.17, 15) is 4.79 Å². The van der Waals surface area contributed by atoms with Gasteiger partial charge in [-0.25, -0.2) is 15.0 Å². The number of benzene rings is 1. The van der Waals surface area contributed by atoms with Gasteiger partial charge in [0, 0.05) is 31.2 Å². The molecular weight excluding hydrogens is 368 g/mol. The summed E-state index contributed by atoms with van der Waals surface area (Å²) in [5.41, 5.74) is 2.27. The number of anilines is 1. The third kappa shape index (κ3) is 3.87. The van der Waals surface area contributed by atoms with Crippen LogP contribution in [-0.2, 0) is 7.05 Å². The minimum Gasteiger partial charge on any atom is -0.494 e. The molecule has 3 aromatic rings. The van der Waals surface area contributed by atoms with E-state index in [0.717, 1.165) is 35.6 Å². The van der Waals surface area contributed by atoms with Crippen LogP contribution in [0.2, 0.25) is 0 Å². The van der Waals surface area contributed by atoms with Crippen molar-refractivity contribution in [1.82, 2.24) is 24.4 Å². The minimum atomic E-state index is 0.0631. The zero-order chi connectivity index (χ0) is 20.4. The number of fused-ring (bicyclic) bond motifs is 1. The van der Waals surface area contributed by atoms with E-state index in [2.05, 4.69) is 27.2 Å². The predicted octanol–water partition coefficient (Wildman–Crippen LogP) is 2.87. The van der Waals surface area contributed by atoms with Crippen LogP contribution >= 0.6 is 0 Å². The molecule has 1 N–H and O–H groups in total. The average molecular weight is 394 g/mol. The molecule has 0 aliphatic carbocycles. The van der Waals surface area contributed by atoms with Crippen molar-refractivity contribution in [3.8, 4) is 5.75 Å². The Morgan fingerprint density at radius 3 is 2.76 bits per heavy atom. The third-order valence-corrected chi connectivity index (χ3v) is 5.39. The fourth-order valence-corrected chi connectivity index (χ4v) is 3.88. The van der Waals surface area contributed by atoms with E-state index < -0.39 is 0 Å². The Labute approximate surface area is 169 Å². The zero-order valence-electron chi connectivity index (χ0n) is 17.0. The van der Waals surface area contributed by atoms with E-state index in [0.29, 0.717) is 18.7 Å². The maximum atomic E-state index is 13.0. The van der Waals surface area contributed by atoms with Gasteiger partial charge < -0.3 is 19.5 Å². The lowest BCUT2D eigenvalue weighted by atomic mass is 9.97. The van der Waals surface area contributed by atoms with Crippen molar-refractivity contribution in [2.75, 3.05) is 18.5 Å². The molecule has 1 aliphatic heterocycles. The number of amides is 1. The molecule has 1 amide bonds. The molecule has 3 heterocycles. The first-order chi connectivity index (χ1) is 14.1. The number of hydrogen-bond donors (Lipinski definition) is 1. The molecule has 1 fully saturated rings. The average Bonchev–Trinajstić information content (AvgIpc) is 3.11. The summed E-state index contributed by atoms with van der Waals surface area (Å²) < 4.78 is 7.34. The van der Waals surface area contributed by atoms with Crippen LogP contribution in [0.25, 0.3) is 11.2 Å². The number of rotatable bonds is 5. The van der Waals surface area contributed by atoms with Gasteiger partial charge in [-0.05, 0) is 51.0 Å². The number of carbonyl (C=O) groups excluding carboxylic acids is 1. The molecule has 2 atom stereocenters. The number of nitrogens with zero attached hydrogens (tertiary/aromatic N) is 5. The molecule has 0 radical (unpaired) electrons. The predicted molar refractivity (Wildman–Crippen MR) is 111 cm³/mol. The minimum absolute atomic E-state index is 0.0631. The number of carbonyl (C=O) groups is 1. The van der Waals surface area contributed by atoms with E-state index in [1.807, 2.05) is 47.7 Å². The van der Waals surface area contributed by atoms with Crippen molar-refractivity contribution in [3.63, 3.8) is 0 Å². The molecule has 4 rings (SSSR count). The van der Waals surface area contributed by atoms with Crippen LogP contribution in [0.1, 0.15) is 37.0 Å². The van der Waals surface area contributed by atoms with Gasteiger partial charge in [-0.3, -0.25) is 4.79 Å². The van der Waals surface area contributed by atoms with Gasteiger partial charge in [-0.15, -0.1) is 0 Å². The van der Waals surface area contributed by atoms with Gasteiger partial charge in [0.1, 0.15) is 17.6 Å². The SMILES string of the molecule is CCOc1ccc(C(=O)N2CCC(Nc3ncnc4c3ncn4C)CC2C)cc1. The van der Waals surface area contributed by atoms with E-state index in [-0.39, 0.29) is 18.0 Å². The molecule has 152 valence electrons. The van der Waals surface area contributed by atoms with Crippen LogP contribution in [0.3, 0.4) is 0 Å².